The number of carbonyl (C=O) groups excluding carboxylic acids is 1. The number of nitrogens with zero attached hydrogens (tertiary/aromatic N) is 1. The minimum absolute atomic E-state index is 0.0150. The summed E-state index contributed by atoms with van der Waals surface area (Å²) in [5.74, 6) is 0.144. The van der Waals surface area contributed by atoms with Crippen molar-refractivity contribution in [1.29, 1.82) is 0 Å². The zero-order valence-electron chi connectivity index (χ0n) is 10.5. The highest BCUT2D eigenvalue weighted by molar-refractivity contribution is 9.10. The first-order valence-electron chi connectivity index (χ1n) is 5.87. The zero-order valence-corrected chi connectivity index (χ0v) is 12.0. The topological polar surface area (TPSA) is 63.2 Å². The molecule has 2 heterocycles. The van der Waals surface area contributed by atoms with Crippen LogP contribution < -0.4 is 10.6 Å². The highest BCUT2D eigenvalue weighted by Gasteiger charge is 2.42. The number of rotatable bonds is 4. The van der Waals surface area contributed by atoms with Crippen molar-refractivity contribution in [2.75, 3.05) is 25.6 Å². The van der Waals surface area contributed by atoms with Gasteiger partial charge in [-0.05, 0) is 28.1 Å². The molecule has 7 heteroatoms. The summed E-state index contributed by atoms with van der Waals surface area (Å²) < 4.78 is 19.6. The second-order valence-electron chi connectivity index (χ2n) is 4.56. The Morgan fingerprint density at radius 3 is 3.21 bits per heavy atom. The fraction of sp³-hybridized carbons (Fsp3) is 0.500. The summed E-state index contributed by atoms with van der Waals surface area (Å²) >= 11 is 3.22. The molecule has 1 aromatic heterocycles. The third-order valence-corrected chi connectivity index (χ3v) is 3.36. The molecule has 104 valence electrons. The summed E-state index contributed by atoms with van der Waals surface area (Å²) in [5.41, 5.74) is -1.48. The lowest BCUT2D eigenvalue weighted by molar-refractivity contribution is -0.118. The zero-order chi connectivity index (χ0) is 13.9. The lowest BCUT2D eigenvalue weighted by Gasteiger charge is -2.16. The van der Waals surface area contributed by atoms with Crippen LogP contribution in [0.25, 0.3) is 0 Å². The van der Waals surface area contributed by atoms with E-state index >= 15 is 0 Å². The van der Waals surface area contributed by atoms with Crippen LogP contribution in [0, 0.1) is 0 Å². The maximum absolute atomic E-state index is 14.1. The van der Waals surface area contributed by atoms with Crippen LogP contribution >= 0.6 is 15.9 Å². The molecular weight excluding hydrogens is 317 g/mol. The van der Waals surface area contributed by atoms with E-state index in [1.54, 1.807) is 18.2 Å². The average Bonchev–Trinajstić information content (AvgIpc) is 2.72. The van der Waals surface area contributed by atoms with Crippen LogP contribution in [0.15, 0.2) is 22.8 Å². The van der Waals surface area contributed by atoms with Gasteiger partial charge in [0.25, 0.3) is 0 Å². The molecule has 2 atom stereocenters. The van der Waals surface area contributed by atoms with Gasteiger partial charge in [-0.3, -0.25) is 4.79 Å². The molecule has 0 aliphatic carbocycles. The highest BCUT2D eigenvalue weighted by Crippen LogP contribution is 2.25. The lowest BCUT2D eigenvalue weighted by Crippen LogP contribution is -2.35. The Morgan fingerprint density at radius 1 is 1.74 bits per heavy atom. The molecule has 0 aromatic carbocycles. The van der Waals surface area contributed by atoms with Crippen molar-refractivity contribution in [2.45, 2.75) is 18.1 Å². The largest absolute Gasteiger partial charge is 0.381 e. The number of nitrogens with one attached hydrogen (secondary N) is 2. The van der Waals surface area contributed by atoms with E-state index < -0.39 is 11.7 Å². The van der Waals surface area contributed by atoms with Gasteiger partial charge in [-0.1, -0.05) is 6.07 Å². The van der Waals surface area contributed by atoms with E-state index in [4.69, 9.17) is 4.74 Å². The first-order valence-corrected chi connectivity index (χ1v) is 6.66. The molecule has 1 aromatic rings. The number of anilines is 1. The van der Waals surface area contributed by atoms with E-state index in [-0.39, 0.29) is 25.5 Å². The number of methoxy groups -OCH3 is 1. The molecule has 1 fully saturated rings. The van der Waals surface area contributed by atoms with E-state index in [1.165, 1.54) is 7.11 Å². The van der Waals surface area contributed by atoms with Gasteiger partial charge in [-0.15, -0.1) is 0 Å². The molecule has 0 radical (unpaired) electrons. The number of pyridine rings is 1. The van der Waals surface area contributed by atoms with Gasteiger partial charge in [-0.25, -0.2) is 9.37 Å². The van der Waals surface area contributed by atoms with Crippen molar-refractivity contribution in [3.05, 3.63) is 22.8 Å². The number of carbonyl (C=O) groups is 1. The normalized spacial score (nSPS) is 26.4. The van der Waals surface area contributed by atoms with Gasteiger partial charge in [-0.2, -0.15) is 0 Å². The third-order valence-electron chi connectivity index (χ3n) is 2.92. The molecule has 1 amide bonds. The van der Waals surface area contributed by atoms with Crippen LogP contribution in [0.4, 0.5) is 10.2 Å². The van der Waals surface area contributed by atoms with Crippen molar-refractivity contribution in [3.63, 3.8) is 0 Å². The number of alkyl halides is 1. The monoisotopic (exact) mass is 331 g/mol. The predicted molar refractivity (Wildman–Crippen MR) is 72.7 cm³/mol. The third kappa shape index (κ3) is 3.71. The van der Waals surface area contributed by atoms with Crippen LogP contribution in [-0.2, 0) is 9.53 Å². The quantitative estimate of drug-likeness (QED) is 0.821. The minimum atomic E-state index is -1.48. The maximum Gasteiger partial charge on any atom is 0.242 e. The molecule has 0 bridgehead atoms. The number of aromatic nitrogens is 1. The van der Waals surface area contributed by atoms with Crippen molar-refractivity contribution in [1.82, 2.24) is 10.3 Å². The van der Waals surface area contributed by atoms with Crippen LogP contribution in [0.5, 0.6) is 0 Å². The van der Waals surface area contributed by atoms with Crippen molar-refractivity contribution in [3.8, 4) is 0 Å². The highest BCUT2D eigenvalue weighted by atomic mass is 79.9. The van der Waals surface area contributed by atoms with Crippen LogP contribution in [-0.4, -0.2) is 42.9 Å². The number of ether oxygens (including phenoxy) is 1. The summed E-state index contributed by atoms with van der Waals surface area (Å²) in [5, 5.41) is 5.51. The standard InChI is InChI=1S/C12H15BrFN3O2/c1-19-7-12(14)5-8(15-6-12)11(18)17-10-4-2-3-9(13)16-10/h2-4,8,15H,5-7H2,1H3,(H,16,17,18)/t8-,12+/m0/s1. The molecule has 0 saturated carbocycles. The van der Waals surface area contributed by atoms with E-state index in [2.05, 4.69) is 31.5 Å². The second kappa shape index (κ2) is 5.94. The van der Waals surface area contributed by atoms with Crippen molar-refractivity contribution < 1.29 is 13.9 Å². The van der Waals surface area contributed by atoms with E-state index in [1.807, 2.05) is 0 Å². The Balaban J connectivity index is 1.95. The average molecular weight is 332 g/mol. The minimum Gasteiger partial charge on any atom is -0.381 e. The van der Waals surface area contributed by atoms with E-state index in [9.17, 15) is 9.18 Å². The molecular formula is C12H15BrFN3O2. The number of hydrogen-bond donors (Lipinski definition) is 2. The summed E-state index contributed by atoms with van der Waals surface area (Å²) in [6.07, 6.45) is 0.0979. The lowest BCUT2D eigenvalue weighted by atomic mass is 10.0. The molecule has 5 nitrogen and oxygen atoms in total. The smallest absolute Gasteiger partial charge is 0.242 e. The maximum atomic E-state index is 14.1. The molecule has 2 rings (SSSR count). The van der Waals surface area contributed by atoms with Gasteiger partial charge < -0.3 is 15.4 Å². The van der Waals surface area contributed by atoms with Gasteiger partial charge in [0.05, 0.1) is 12.6 Å². The molecule has 0 spiro atoms. The predicted octanol–water partition coefficient (Wildman–Crippen LogP) is 1.50. The Hall–Kier alpha value is -1.05. The van der Waals surface area contributed by atoms with Gasteiger partial charge in [0.1, 0.15) is 16.1 Å². The summed E-state index contributed by atoms with van der Waals surface area (Å²) in [6, 6.07) is 4.63. The van der Waals surface area contributed by atoms with Crippen LogP contribution in [0.3, 0.4) is 0 Å². The fourth-order valence-electron chi connectivity index (χ4n) is 2.06. The van der Waals surface area contributed by atoms with Crippen LogP contribution in [0.1, 0.15) is 6.42 Å². The summed E-state index contributed by atoms with van der Waals surface area (Å²) in [7, 11) is 1.44. The van der Waals surface area contributed by atoms with Gasteiger partial charge >= 0.3 is 0 Å². The summed E-state index contributed by atoms with van der Waals surface area (Å²) in [4.78, 5) is 16.1. The molecule has 1 aliphatic heterocycles. The fourth-order valence-corrected chi connectivity index (χ4v) is 2.41. The molecule has 2 N–H and O–H groups in total. The molecule has 1 saturated heterocycles. The van der Waals surface area contributed by atoms with Gasteiger partial charge in [0, 0.05) is 20.1 Å². The van der Waals surface area contributed by atoms with Crippen LogP contribution in [0.2, 0.25) is 0 Å². The molecule has 19 heavy (non-hydrogen) atoms. The molecule has 1 aliphatic rings. The summed E-state index contributed by atoms with van der Waals surface area (Å²) in [6.45, 7) is 0.101. The van der Waals surface area contributed by atoms with Gasteiger partial charge in [0.15, 0.2) is 0 Å². The Labute approximate surface area is 119 Å². The Kier molecular flexibility index (Phi) is 4.49. The first kappa shape index (κ1) is 14.4. The molecule has 0 unspecified atom stereocenters. The van der Waals surface area contributed by atoms with Gasteiger partial charge in [0.2, 0.25) is 5.91 Å². The second-order valence-corrected chi connectivity index (χ2v) is 5.37. The van der Waals surface area contributed by atoms with Crippen molar-refractivity contribution >= 4 is 27.7 Å². The number of amides is 1. The van der Waals surface area contributed by atoms with Crippen molar-refractivity contribution in [2.24, 2.45) is 0 Å². The SMILES string of the molecule is COC[C@]1(F)CN[C@H](C(=O)Nc2cccc(Br)n2)C1. The number of hydrogen-bond acceptors (Lipinski definition) is 4. The van der Waals surface area contributed by atoms with E-state index in [0.717, 1.165) is 0 Å². The number of halogens is 2. The Bertz CT molecular complexity index is 474. The first-order chi connectivity index (χ1) is 9.02. The Morgan fingerprint density at radius 2 is 2.53 bits per heavy atom. The van der Waals surface area contributed by atoms with E-state index in [0.29, 0.717) is 10.4 Å².